The quantitative estimate of drug-likeness (QED) is 0.413. The minimum absolute atomic E-state index is 0.269. The molecule has 0 radical (unpaired) electrons. The summed E-state index contributed by atoms with van der Waals surface area (Å²) in [6.45, 7) is 4.96. The molecule has 3 heteroatoms. The molecule has 0 aliphatic heterocycles. The van der Waals surface area contributed by atoms with E-state index in [0.29, 0.717) is 18.9 Å². The first-order valence-corrected chi connectivity index (χ1v) is 9.63. The molecule has 0 spiro atoms. The van der Waals surface area contributed by atoms with Crippen LogP contribution in [0.4, 0.5) is 0 Å². The third-order valence-corrected chi connectivity index (χ3v) is 4.49. The van der Waals surface area contributed by atoms with Gasteiger partial charge in [0.2, 0.25) is 0 Å². The SMILES string of the molecule is CCCCCC(CCCCC)COC(=O)[C@@H](N)Cc1ccccc1. The summed E-state index contributed by atoms with van der Waals surface area (Å²) in [7, 11) is 0. The zero-order chi connectivity index (χ0) is 17.6. The molecule has 0 aromatic heterocycles. The fourth-order valence-corrected chi connectivity index (χ4v) is 2.94. The number of ether oxygens (including phenoxy) is 1. The second-order valence-corrected chi connectivity index (χ2v) is 6.78. The van der Waals surface area contributed by atoms with Crippen molar-refractivity contribution >= 4 is 5.97 Å². The summed E-state index contributed by atoms with van der Waals surface area (Å²) in [5, 5.41) is 0. The first kappa shape index (κ1) is 20.7. The highest BCUT2D eigenvalue weighted by Crippen LogP contribution is 2.18. The maximum absolute atomic E-state index is 12.2. The third kappa shape index (κ3) is 9.07. The topological polar surface area (TPSA) is 52.3 Å². The number of hydrogen-bond acceptors (Lipinski definition) is 3. The van der Waals surface area contributed by atoms with Crippen molar-refractivity contribution in [3.8, 4) is 0 Å². The van der Waals surface area contributed by atoms with E-state index >= 15 is 0 Å². The van der Waals surface area contributed by atoms with E-state index in [2.05, 4.69) is 13.8 Å². The van der Waals surface area contributed by atoms with E-state index in [-0.39, 0.29) is 5.97 Å². The van der Waals surface area contributed by atoms with E-state index < -0.39 is 6.04 Å². The molecule has 0 heterocycles. The van der Waals surface area contributed by atoms with E-state index in [1.165, 1.54) is 38.5 Å². The van der Waals surface area contributed by atoms with Gasteiger partial charge < -0.3 is 10.5 Å². The summed E-state index contributed by atoms with van der Waals surface area (Å²) in [6, 6.07) is 9.30. The molecule has 0 saturated carbocycles. The largest absolute Gasteiger partial charge is 0.464 e. The smallest absolute Gasteiger partial charge is 0.323 e. The van der Waals surface area contributed by atoms with Crippen LogP contribution in [-0.2, 0) is 16.0 Å². The number of benzene rings is 1. The molecule has 1 rings (SSSR count). The van der Waals surface area contributed by atoms with Gasteiger partial charge in [-0.2, -0.15) is 0 Å². The molecule has 1 atom stereocenters. The minimum Gasteiger partial charge on any atom is -0.464 e. The Hall–Kier alpha value is -1.35. The average molecular weight is 334 g/mol. The molecule has 0 aliphatic carbocycles. The molecule has 0 amide bonds. The van der Waals surface area contributed by atoms with Crippen molar-refractivity contribution in [2.24, 2.45) is 11.7 Å². The summed E-state index contributed by atoms with van der Waals surface area (Å²) in [4.78, 5) is 12.2. The van der Waals surface area contributed by atoms with E-state index in [1.54, 1.807) is 0 Å². The number of carbonyl (C=O) groups excluding carboxylic acids is 1. The second-order valence-electron chi connectivity index (χ2n) is 6.78. The molecule has 0 bridgehead atoms. The Morgan fingerprint density at radius 2 is 1.58 bits per heavy atom. The first-order valence-electron chi connectivity index (χ1n) is 9.63. The normalized spacial score (nSPS) is 12.3. The zero-order valence-corrected chi connectivity index (χ0v) is 15.5. The number of nitrogens with two attached hydrogens (primary N) is 1. The fraction of sp³-hybridized carbons (Fsp3) is 0.667. The summed E-state index contributed by atoms with van der Waals surface area (Å²) in [5.74, 6) is 0.214. The average Bonchev–Trinajstić information content (AvgIpc) is 2.60. The Kier molecular flexibility index (Phi) is 11.2. The highest BCUT2D eigenvalue weighted by atomic mass is 16.5. The molecule has 0 saturated heterocycles. The fourth-order valence-electron chi connectivity index (χ4n) is 2.94. The van der Waals surface area contributed by atoms with E-state index in [1.807, 2.05) is 30.3 Å². The first-order chi connectivity index (χ1) is 11.7. The highest BCUT2D eigenvalue weighted by molar-refractivity contribution is 5.75. The van der Waals surface area contributed by atoms with Crippen LogP contribution in [-0.4, -0.2) is 18.6 Å². The van der Waals surface area contributed by atoms with Gasteiger partial charge in [-0.15, -0.1) is 0 Å². The van der Waals surface area contributed by atoms with Crippen molar-refractivity contribution in [2.75, 3.05) is 6.61 Å². The molecule has 0 fully saturated rings. The summed E-state index contributed by atoms with van der Waals surface area (Å²) in [6.07, 6.45) is 10.2. The molecule has 0 aliphatic rings. The molecule has 136 valence electrons. The zero-order valence-electron chi connectivity index (χ0n) is 15.5. The van der Waals surface area contributed by atoms with Crippen molar-refractivity contribution in [1.82, 2.24) is 0 Å². The lowest BCUT2D eigenvalue weighted by Crippen LogP contribution is -2.35. The van der Waals surface area contributed by atoms with Crippen LogP contribution in [0.5, 0.6) is 0 Å². The van der Waals surface area contributed by atoms with Gasteiger partial charge in [0.1, 0.15) is 6.04 Å². The Balaban J connectivity index is 2.37. The monoisotopic (exact) mass is 333 g/mol. The molecule has 1 aromatic rings. The molecular formula is C21H35NO2. The molecule has 1 aromatic carbocycles. The number of esters is 1. The predicted octanol–water partition coefficient (Wildman–Crippen LogP) is 4.88. The Morgan fingerprint density at radius 1 is 1.00 bits per heavy atom. The molecule has 0 unspecified atom stereocenters. The highest BCUT2D eigenvalue weighted by Gasteiger charge is 2.18. The van der Waals surface area contributed by atoms with Crippen LogP contribution in [0.2, 0.25) is 0 Å². The van der Waals surface area contributed by atoms with Crippen molar-refractivity contribution in [3.63, 3.8) is 0 Å². The maximum atomic E-state index is 12.2. The molecule has 3 nitrogen and oxygen atoms in total. The number of carbonyl (C=O) groups is 1. The van der Waals surface area contributed by atoms with Crippen molar-refractivity contribution < 1.29 is 9.53 Å². The molecule has 24 heavy (non-hydrogen) atoms. The van der Waals surface area contributed by atoms with Crippen LogP contribution in [0.1, 0.15) is 70.8 Å². The van der Waals surface area contributed by atoms with Crippen LogP contribution >= 0.6 is 0 Å². The summed E-state index contributed by atoms with van der Waals surface area (Å²) in [5.41, 5.74) is 7.08. The lowest BCUT2D eigenvalue weighted by molar-refractivity contribution is -0.146. The van der Waals surface area contributed by atoms with Gasteiger partial charge in [0.15, 0.2) is 0 Å². The maximum Gasteiger partial charge on any atom is 0.323 e. The van der Waals surface area contributed by atoms with Gasteiger partial charge >= 0.3 is 5.97 Å². The molecular weight excluding hydrogens is 298 g/mol. The third-order valence-electron chi connectivity index (χ3n) is 4.49. The van der Waals surface area contributed by atoms with Gasteiger partial charge in [0, 0.05) is 0 Å². The van der Waals surface area contributed by atoms with Crippen LogP contribution in [0.25, 0.3) is 0 Å². The van der Waals surface area contributed by atoms with Gasteiger partial charge in [0.05, 0.1) is 6.61 Å². The van der Waals surface area contributed by atoms with E-state index in [0.717, 1.165) is 18.4 Å². The van der Waals surface area contributed by atoms with E-state index in [4.69, 9.17) is 10.5 Å². The van der Waals surface area contributed by atoms with Crippen LogP contribution < -0.4 is 5.73 Å². The van der Waals surface area contributed by atoms with Gasteiger partial charge in [0.25, 0.3) is 0 Å². The summed E-state index contributed by atoms with van der Waals surface area (Å²) >= 11 is 0. The number of unbranched alkanes of at least 4 members (excludes halogenated alkanes) is 4. The van der Waals surface area contributed by atoms with E-state index in [9.17, 15) is 4.79 Å². The molecule has 2 N–H and O–H groups in total. The predicted molar refractivity (Wildman–Crippen MR) is 101 cm³/mol. The Morgan fingerprint density at radius 3 is 2.12 bits per heavy atom. The van der Waals surface area contributed by atoms with Crippen molar-refractivity contribution in [1.29, 1.82) is 0 Å². The lowest BCUT2D eigenvalue weighted by Gasteiger charge is -2.18. The minimum atomic E-state index is -0.570. The van der Waals surface area contributed by atoms with Gasteiger partial charge in [-0.25, -0.2) is 0 Å². The van der Waals surface area contributed by atoms with Gasteiger partial charge in [-0.3, -0.25) is 4.79 Å². The lowest BCUT2D eigenvalue weighted by atomic mass is 9.96. The second kappa shape index (κ2) is 13.0. The van der Waals surface area contributed by atoms with Crippen LogP contribution in [0, 0.1) is 5.92 Å². The van der Waals surface area contributed by atoms with Crippen molar-refractivity contribution in [2.45, 2.75) is 77.7 Å². The standard InChI is InChI=1S/C21H35NO2/c1-3-5-8-14-19(15-9-6-4-2)17-24-21(23)20(22)16-18-12-10-7-11-13-18/h7,10-13,19-20H,3-6,8-9,14-17,22H2,1-2H3/t20-/m0/s1. The number of hydrogen-bond donors (Lipinski definition) is 1. The Labute approximate surface area is 148 Å². The van der Waals surface area contributed by atoms with Crippen molar-refractivity contribution in [3.05, 3.63) is 35.9 Å². The van der Waals surface area contributed by atoms with Crippen LogP contribution in [0.15, 0.2) is 30.3 Å². The number of rotatable bonds is 13. The van der Waals surface area contributed by atoms with Gasteiger partial charge in [-0.05, 0) is 30.7 Å². The van der Waals surface area contributed by atoms with Crippen LogP contribution in [0.3, 0.4) is 0 Å². The summed E-state index contributed by atoms with van der Waals surface area (Å²) < 4.78 is 5.54. The Bertz CT molecular complexity index is 423. The van der Waals surface area contributed by atoms with Gasteiger partial charge in [-0.1, -0.05) is 82.7 Å².